The van der Waals surface area contributed by atoms with E-state index in [0.717, 1.165) is 18.8 Å². The molecule has 1 aliphatic rings. The van der Waals surface area contributed by atoms with Gasteiger partial charge in [-0.3, -0.25) is 14.9 Å². The van der Waals surface area contributed by atoms with Crippen molar-refractivity contribution < 1.29 is 9.72 Å². The van der Waals surface area contributed by atoms with Crippen LogP contribution in [-0.2, 0) is 0 Å². The maximum Gasteiger partial charge on any atom is 0.292 e. The van der Waals surface area contributed by atoms with Gasteiger partial charge in [0.1, 0.15) is 5.69 Å². The number of nitrogen functional groups attached to an aromatic ring is 1. The van der Waals surface area contributed by atoms with Crippen molar-refractivity contribution >= 4 is 17.3 Å². The Hall–Kier alpha value is -2.11. The van der Waals surface area contributed by atoms with Gasteiger partial charge in [-0.15, -0.1) is 0 Å². The number of nitro benzene ring substituents is 1. The lowest BCUT2D eigenvalue weighted by atomic mass is 10.0. The highest BCUT2D eigenvalue weighted by Gasteiger charge is 2.19. The molecule has 0 radical (unpaired) electrons. The number of benzene rings is 1. The molecule has 0 saturated heterocycles. The van der Waals surface area contributed by atoms with E-state index in [2.05, 4.69) is 5.32 Å². The smallest absolute Gasteiger partial charge is 0.292 e. The maximum absolute atomic E-state index is 12.0. The number of para-hydroxylation sites is 1. The zero-order valence-corrected chi connectivity index (χ0v) is 12.0. The summed E-state index contributed by atoms with van der Waals surface area (Å²) in [5.74, 6) is 0.451. The molecule has 1 fully saturated rings. The van der Waals surface area contributed by atoms with E-state index in [1.54, 1.807) is 0 Å². The molecule has 0 heterocycles. The summed E-state index contributed by atoms with van der Waals surface area (Å²) in [7, 11) is 0. The van der Waals surface area contributed by atoms with Gasteiger partial charge < -0.3 is 11.1 Å². The van der Waals surface area contributed by atoms with Gasteiger partial charge in [0.05, 0.1) is 10.5 Å². The number of nitro groups is 1. The lowest BCUT2D eigenvalue weighted by molar-refractivity contribution is -0.383. The molecule has 0 bridgehead atoms. The van der Waals surface area contributed by atoms with E-state index < -0.39 is 4.92 Å². The average Bonchev–Trinajstić information content (AvgIpc) is 2.96. The van der Waals surface area contributed by atoms with Crippen LogP contribution in [0, 0.1) is 16.0 Å². The summed E-state index contributed by atoms with van der Waals surface area (Å²) in [6.07, 6.45) is 7.30. The van der Waals surface area contributed by atoms with Crippen LogP contribution in [0.15, 0.2) is 18.2 Å². The van der Waals surface area contributed by atoms with Crippen molar-refractivity contribution in [2.24, 2.45) is 5.92 Å². The molecular formula is C15H21N3O3. The van der Waals surface area contributed by atoms with Gasteiger partial charge in [0.15, 0.2) is 0 Å². The van der Waals surface area contributed by atoms with E-state index in [1.807, 2.05) is 0 Å². The molecular weight excluding hydrogens is 270 g/mol. The first-order valence-electron chi connectivity index (χ1n) is 7.40. The van der Waals surface area contributed by atoms with Crippen LogP contribution in [0.4, 0.5) is 11.4 Å². The Balaban J connectivity index is 1.85. The molecule has 1 saturated carbocycles. The van der Waals surface area contributed by atoms with Crippen LogP contribution in [0.25, 0.3) is 0 Å². The van der Waals surface area contributed by atoms with Crippen molar-refractivity contribution in [3.8, 4) is 0 Å². The predicted molar refractivity (Wildman–Crippen MR) is 81.0 cm³/mol. The molecule has 21 heavy (non-hydrogen) atoms. The minimum atomic E-state index is -0.577. The standard InChI is InChI=1S/C15H21N3O3/c16-14-12(8-3-9-13(14)18(20)21)15(19)17-10-4-7-11-5-1-2-6-11/h3,8-9,11H,1-2,4-7,10,16H2,(H,17,19). The van der Waals surface area contributed by atoms with Crippen molar-refractivity contribution in [2.75, 3.05) is 12.3 Å². The number of anilines is 1. The van der Waals surface area contributed by atoms with Crippen molar-refractivity contribution in [1.29, 1.82) is 0 Å². The van der Waals surface area contributed by atoms with Gasteiger partial charge in [0.2, 0.25) is 0 Å². The molecule has 3 N–H and O–H groups in total. The Labute approximate surface area is 123 Å². The van der Waals surface area contributed by atoms with Gasteiger partial charge in [-0.2, -0.15) is 0 Å². The Morgan fingerprint density at radius 2 is 2.10 bits per heavy atom. The third-order valence-corrected chi connectivity index (χ3v) is 4.07. The fourth-order valence-electron chi connectivity index (χ4n) is 2.90. The summed E-state index contributed by atoms with van der Waals surface area (Å²) in [5, 5.41) is 13.6. The van der Waals surface area contributed by atoms with Gasteiger partial charge in [-0.1, -0.05) is 31.7 Å². The average molecular weight is 291 g/mol. The molecule has 1 aromatic rings. The van der Waals surface area contributed by atoms with Gasteiger partial charge in [-0.25, -0.2) is 0 Å². The second kappa shape index (κ2) is 7.06. The van der Waals surface area contributed by atoms with Gasteiger partial charge in [0.25, 0.3) is 11.6 Å². The summed E-state index contributed by atoms with van der Waals surface area (Å²) in [6, 6.07) is 4.28. The third-order valence-electron chi connectivity index (χ3n) is 4.07. The second-order valence-electron chi connectivity index (χ2n) is 5.54. The normalized spacial score (nSPS) is 15.0. The largest absolute Gasteiger partial charge is 0.393 e. The lowest BCUT2D eigenvalue weighted by Crippen LogP contribution is -2.25. The molecule has 1 aliphatic carbocycles. The van der Waals surface area contributed by atoms with E-state index in [9.17, 15) is 14.9 Å². The van der Waals surface area contributed by atoms with Gasteiger partial charge >= 0.3 is 0 Å². The van der Waals surface area contributed by atoms with Gasteiger partial charge in [0, 0.05) is 12.6 Å². The summed E-state index contributed by atoms with van der Waals surface area (Å²) >= 11 is 0. The topological polar surface area (TPSA) is 98.3 Å². The number of hydrogen-bond donors (Lipinski definition) is 2. The fraction of sp³-hybridized carbons (Fsp3) is 0.533. The number of carbonyl (C=O) groups excluding carboxylic acids is 1. The zero-order valence-electron chi connectivity index (χ0n) is 12.0. The van der Waals surface area contributed by atoms with E-state index in [4.69, 9.17) is 5.73 Å². The number of carbonyl (C=O) groups is 1. The number of nitrogens with zero attached hydrogens (tertiary/aromatic N) is 1. The summed E-state index contributed by atoms with van der Waals surface area (Å²) < 4.78 is 0. The van der Waals surface area contributed by atoms with Crippen molar-refractivity contribution in [3.05, 3.63) is 33.9 Å². The maximum atomic E-state index is 12.0. The molecule has 6 heteroatoms. The van der Waals surface area contributed by atoms with Crippen LogP contribution in [-0.4, -0.2) is 17.4 Å². The lowest BCUT2D eigenvalue weighted by Gasteiger charge is -2.10. The molecule has 0 unspecified atom stereocenters. The second-order valence-corrected chi connectivity index (χ2v) is 5.54. The highest BCUT2D eigenvalue weighted by Crippen LogP contribution is 2.28. The van der Waals surface area contributed by atoms with Crippen LogP contribution in [0.5, 0.6) is 0 Å². The number of nitrogens with two attached hydrogens (primary N) is 1. The predicted octanol–water partition coefficient (Wildman–Crippen LogP) is 2.88. The molecule has 0 spiro atoms. The first-order valence-corrected chi connectivity index (χ1v) is 7.40. The fourth-order valence-corrected chi connectivity index (χ4v) is 2.90. The highest BCUT2D eigenvalue weighted by atomic mass is 16.6. The van der Waals surface area contributed by atoms with Crippen LogP contribution in [0.2, 0.25) is 0 Å². The van der Waals surface area contributed by atoms with Crippen molar-refractivity contribution in [2.45, 2.75) is 38.5 Å². The van der Waals surface area contributed by atoms with Gasteiger partial charge in [-0.05, 0) is 24.8 Å². The SMILES string of the molecule is Nc1c(C(=O)NCCCC2CCCC2)cccc1[N+](=O)[O-]. The van der Waals surface area contributed by atoms with Crippen molar-refractivity contribution in [1.82, 2.24) is 5.32 Å². The highest BCUT2D eigenvalue weighted by molar-refractivity contribution is 6.00. The molecule has 1 amide bonds. The number of nitrogens with one attached hydrogen (secondary N) is 1. The molecule has 1 aromatic carbocycles. The Kier molecular flexibility index (Phi) is 5.14. The van der Waals surface area contributed by atoms with E-state index >= 15 is 0 Å². The molecule has 0 aliphatic heterocycles. The Bertz CT molecular complexity index is 525. The van der Waals surface area contributed by atoms with E-state index in [-0.39, 0.29) is 22.8 Å². The first kappa shape index (κ1) is 15.3. The van der Waals surface area contributed by atoms with E-state index in [1.165, 1.54) is 43.9 Å². The summed E-state index contributed by atoms with van der Waals surface area (Å²) in [5.41, 5.74) is 5.56. The molecule has 114 valence electrons. The number of rotatable bonds is 6. The van der Waals surface area contributed by atoms with E-state index in [0.29, 0.717) is 6.54 Å². The quantitative estimate of drug-likeness (QED) is 0.364. The molecule has 0 aromatic heterocycles. The third kappa shape index (κ3) is 3.93. The summed E-state index contributed by atoms with van der Waals surface area (Å²) in [4.78, 5) is 22.2. The van der Waals surface area contributed by atoms with Crippen LogP contribution in [0.3, 0.4) is 0 Å². The minimum Gasteiger partial charge on any atom is -0.393 e. The summed E-state index contributed by atoms with van der Waals surface area (Å²) in [6.45, 7) is 0.581. The van der Waals surface area contributed by atoms with Crippen molar-refractivity contribution in [3.63, 3.8) is 0 Å². The van der Waals surface area contributed by atoms with Crippen LogP contribution < -0.4 is 11.1 Å². The molecule has 6 nitrogen and oxygen atoms in total. The monoisotopic (exact) mass is 291 g/mol. The Morgan fingerprint density at radius 3 is 2.76 bits per heavy atom. The number of amides is 1. The number of hydrogen-bond acceptors (Lipinski definition) is 4. The van der Waals surface area contributed by atoms with Crippen LogP contribution in [0.1, 0.15) is 48.9 Å². The minimum absolute atomic E-state index is 0.0733. The molecule has 2 rings (SSSR count). The molecule has 0 atom stereocenters. The first-order chi connectivity index (χ1) is 10.1. The Morgan fingerprint density at radius 1 is 1.38 bits per heavy atom. The van der Waals surface area contributed by atoms with Crippen LogP contribution >= 0.6 is 0 Å². The zero-order chi connectivity index (χ0) is 15.2.